The number of nitrogens with zero attached hydrogens (tertiary/aromatic N) is 3. The number of esters is 1. The summed E-state index contributed by atoms with van der Waals surface area (Å²) in [4.78, 5) is 12.2. The second-order valence-electron chi connectivity index (χ2n) is 3.76. The third-order valence-electron chi connectivity index (χ3n) is 2.38. The zero-order valence-corrected chi connectivity index (χ0v) is 11.7. The number of hydrogen-bond donors (Lipinski definition) is 0. The van der Waals surface area contributed by atoms with E-state index in [0.29, 0.717) is 5.56 Å². The lowest BCUT2D eigenvalue weighted by Crippen LogP contribution is -2.04. The summed E-state index contributed by atoms with van der Waals surface area (Å²) in [6.45, 7) is 3.81. The van der Waals surface area contributed by atoms with Crippen molar-refractivity contribution in [3.8, 4) is 6.07 Å². The molecule has 6 nitrogen and oxygen atoms in total. The van der Waals surface area contributed by atoms with Gasteiger partial charge in [-0.25, -0.2) is 4.79 Å². The van der Waals surface area contributed by atoms with Gasteiger partial charge in [0.25, 0.3) is 5.22 Å². The molecule has 0 amide bonds. The number of aryl methyl sites for hydroxylation is 1. The van der Waals surface area contributed by atoms with Crippen molar-refractivity contribution < 1.29 is 13.9 Å². The number of ether oxygens (including phenoxy) is 1. The lowest BCUT2D eigenvalue weighted by atomic mass is 10.1. The molecule has 1 aromatic carbocycles. The Hall–Kier alpha value is -2.33. The monoisotopic (exact) mass is 289 g/mol. The topological polar surface area (TPSA) is 89.0 Å². The van der Waals surface area contributed by atoms with Crippen LogP contribution in [0.3, 0.4) is 0 Å². The van der Waals surface area contributed by atoms with Crippen LogP contribution in [-0.2, 0) is 4.74 Å². The first-order chi connectivity index (χ1) is 9.65. The summed E-state index contributed by atoms with van der Waals surface area (Å²) < 4.78 is 9.98. The van der Waals surface area contributed by atoms with Gasteiger partial charge in [-0.3, -0.25) is 0 Å². The molecule has 0 radical (unpaired) electrons. The molecule has 0 N–H and O–H groups in total. The van der Waals surface area contributed by atoms with Gasteiger partial charge in [0.15, 0.2) is 0 Å². The highest BCUT2D eigenvalue weighted by Gasteiger charge is 2.18. The number of hydrogen-bond acceptors (Lipinski definition) is 7. The van der Waals surface area contributed by atoms with E-state index in [9.17, 15) is 4.79 Å². The van der Waals surface area contributed by atoms with Gasteiger partial charge in [-0.1, -0.05) is 17.2 Å². The summed E-state index contributed by atoms with van der Waals surface area (Å²) in [7, 11) is 0. The molecule has 0 aliphatic carbocycles. The van der Waals surface area contributed by atoms with Gasteiger partial charge in [-0.05, 0) is 37.2 Å². The molecule has 102 valence electrons. The molecule has 2 aromatic rings. The predicted molar refractivity (Wildman–Crippen MR) is 70.3 cm³/mol. The Morgan fingerprint density at radius 1 is 1.50 bits per heavy atom. The Balaban J connectivity index is 2.24. The number of aromatic nitrogens is 2. The van der Waals surface area contributed by atoms with Crippen molar-refractivity contribution in [2.75, 3.05) is 6.61 Å². The molecule has 0 spiro atoms. The van der Waals surface area contributed by atoms with Gasteiger partial charge in [-0.15, -0.1) is 5.10 Å². The number of carbonyl (C=O) groups is 1. The first-order valence-electron chi connectivity index (χ1n) is 5.84. The average Bonchev–Trinajstić information content (AvgIpc) is 2.90. The van der Waals surface area contributed by atoms with Gasteiger partial charge in [0.1, 0.15) is 6.07 Å². The highest BCUT2D eigenvalue weighted by Crippen LogP contribution is 2.32. The van der Waals surface area contributed by atoms with Crippen LogP contribution in [0.4, 0.5) is 0 Å². The van der Waals surface area contributed by atoms with E-state index in [4.69, 9.17) is 14.4 Å². The SMILES string of the molecule is CCOC(=O)c1nnc(Sc2c(C)cccc2C#N)o1. The molecule has 2 rings (SSSR count). The molecule has 0 saturated carbocycles. The smallest absolute Gasteiger partial charge is 0.396 e. The molecule has 1 aromatic heterocycles. The first-order valence-corrected chi connectivity index (χ1v) is 6.65. The van der Waals surface area contributed by atoms with Crippen molar-refractivity contribution >= 4 is 17.7 Å². The summed E-state index contributed by atoms with van der Waals surface area (Å²) in [6.07, 6.45) is 0. The number of nitriles is 1. The zero-order chi connectivity index (χ0) is 14.5. The van der Waals surface area contributed by atoms with Crippen LogP contribution in [0.15, 0.2) is 32.7 Å². The molecule has 0 aliphatic heterocycles. The van der Waals surface area contributed by atoms with Crippen LogP contribution < -0.4 is 0 Å². The minimum atomic E-state index is -0.655. The van der Waals surface area contributed by atoms with Crippen molar-refractivity contribution in [2.45, 2.75) is 24.0 Å². The van der Waals surface area contributed by atoms with Crippen molar-refractivity contribution in [3.63, 3.8) is 0 Å². The van der Waals surface area contributed by atoms with E-state index in [2.05, 4.69) is 16.3 Å². The summed E-state index contributed by atoms with van der Waals surface area (Å²) in [5, 5.41) is 16.7. The van der Waals surface area contributed by atoms with Gasteiger partial charge in [0.2, 0.25) is 0 Å². The minimum absolute atomic E-state index is 0.193. The van der Waals surface area contributed by atoms with Gasteiger partial charge in [0.05, 0.1) is 12.2 Å². The van der Waals surface area contributed by atoms with E-state index >= 15 is 0 Å². The van der Waals surface area contributed by atoms with Gasteiger partial charge in [-0.2, -0.15) is 5.26 Å². The normalized spacial score (nSPS) is 10.1. The summed E-state index contributed by atoms with van der Waals surface area (Å²) >= 11 is 1.15. The fourth-order valence-corrected chi connectivity index (χ4v) is 2.32. The molecule has 0 fully saturated rings. The van der Waals surface area contributed by atoms with Gasteiger partial charge in [0, 0.05) is 4.90 Å². The molecular weight excluding hydrogens is 278 g/mol. The molecule has 0 atom stereocenters. The zero-order valence-electron chi connectivity index (χ0n) is 10.9. The van der Waals surface area contributed by atoms with E-state index in [0.717, 1.165) is 22.2 Å². The van der Waals surface area contributed by atoms with Crippen molar-refractivity contribution in [3.05, 3.63) is 35.2 Å². The fourth-order valence-electron chi connectivity index (χ4n) is 1.49. The fraction of sp³-hybridized carbons (Fsp3) is 0.231. The van der Waals surface area contributed by atoms with Crippen molar-refractivity contribution in [2.24, 2.45) is 0 Å². The Bertz CT molecular complexity index is 676. The third kappa shape index (κ3) is 2.97. The molecule has 0 bridgehead atoms. The summed E-state index contributed by atoms with van der Waals surface area (Å²) in [5.41, 5.74) is 1.44. The third-order valence-corrected chi connectivity index (χ3v) is 3.46. The Morgan fingerprint density at radius 3 is 3.00 bits per heavy atom. The predicted octanol–water partition coefficient (Wildman–Crippen LogP) is 2.58. The standard InChI is InChI=1S/C13H11N3O3S/c1-3-18-12(17)11-15-16-13(19-11)20-10-8(2)5-4-6-9(10)7-14/h4-6H,3H2,1-2H3. The lowest BCUT2D eigenvalue weighted by Gasteiger charge is -2.03. The van der Waals surface area contributed by atoms with Crippen LogP contribution >= 0.6 is 11.8 Å². The number of carbonyl (C=O) groups excluding carboxylic acids is 1. The van der Waals surface area contributed by atoms with E-state index < -0.39 is 5.97 Å². The maximum absolute atomic E-state index is 11.4. The Kier molecular flexibility index (Phi) is 4.38. The van der Waals surface area contributed by atoms with E-state index in [1.54, 1.807) is 19.1 Å². The number of benzene rings is 1. The van der Waals surface area contributed by atoms with Crippen LogP contribution in [0.2, 0.25) is 0 Å². The van der Waals surface area contributed by atoms with Crippen LogP contribution in [0, 0.1) is 18.3 Å². The lowest BCUT2D eigenvalue weighted by molar-refractivity contribution is 0.0475. The maximum atomic E-state index is 11.4. The van der Waals surface area contributed by atoms with E-state index in [1.807, 2.05) is 13.0 Å². The second kappa shape index (κ2) is 6.21. The van der Waals surface area contributed by atoms with Gasteiger partial charge >= 0.3 is 11.9 Å². The molecule has 0 unspecified atom stereocenters. The van der Waals surface area contributed by atoms with Crippen LogP contribution in [0.1, 0.15) is 28.7 Å². The Labute approximate surface area is 119 Å². The van der Waals surface area contributed by atoms with Crippen molar-refractivity contribution in [1.29, 1.82) is 5.26 Å². The quantitative estimate of drug-likeness (QED) is 0.799. The largest absolute Gasteiger partial charge is 0.459 e. The second-order valence-corrected chi connectivity index (χ2v) is 4.72. The minimum Gasteiger partial charge on any atom is -0.459 e. The molecule has 20 heavy (non-hydrogen) atoms. The highest BCUT2D eigenvalue weighted by atomic mass is 32.2. The number of rotatable bonds is 4. The van der Waals surface area contributed by atoms with Gasteiger partial charge < -0.3 is 9.15 Å². The van der Waals surface area contributed by atoms with Crippen LogP contribution in [-0.4, -0.2) is 22.8 Å². The maximum Gasteiger partial charge on any atom is 0.396 e. The van der Waals surface area contributed by atoms with E-state index in [-0.39, 0.29) is 17.7 Å². The molecule has 1 heterocycles. The van der Waals surface area contributed by atoms with Crippen LogP contribution in [0.5, 0.6) is 0 Å². The van der Waals surface area contributed by atoms with Crippen molar-refractivity contribution in [1.82, 2.24) is 10.2 Å². The molecule has 0 saturated heterocycles. The Morgan fingerprint density at radius 2 is 2.30 bits per heavy atom. The molecule has 0 aliphatic rings. The first kappa shape index (κ1) is 14.1. The average molecular weight is 289 g/mol. The molecular formula is C13H11N3O3S. The highest BCUT2D eigenvalue weighted by molar-refractivity contribution is 7.99. The van der Waals surface area contributed by atoms with Crippen LogP contribution in [0.25, 0.3) is 0 Å². The molecule has 7 heteroatoms. The summed E-state index contributed by atoms with van der Waals surface area (Å²) in [6, 6.07) is 7.49. The van der Waals surface area contributed by atoms with E-state index in [1.165, 1.54) is 0 Å². The summed E-state index contributed by atoms with van der Waals surface area (Å²) in [5.74, 6) is -0.849.